The Morgan fingerprint density at radius 1 is 1.22 bits per heavy atom. The third kappa shape index (κ3) is 4.18. The molecule has 2 heterocycles. The Labute approximate surface area is 139 Å². The summed E-state index contributed by atoms with van der Waals surface area (Å²) in [6.45, 7) is 2.92. The minimum absolute atomic E-state index is 0.0924. The number of carbonyl (C=O) groups is 1. The number of rotatable bonds is 4. The summed E-state index contributed by atoms with van der Waals surface area (Å²) in [5.41, 5.74) is 1.47. The van der Waals surface area contributed by atoms with Crippen LogP contribution < -0.4 is 5.32 Å². The number of hydrogen-bond donors (Lipinski definition) is 1. The van der Waals surface area contributed by atoms with Gasteiger partial charge in [-0.3, -0.25) is 4.79 Å². The molecule has 1 aromatic carbocycles. The number of ether oxygens (including phenoxy) is 1. The summed E-state index contributed by atoms with van der Waals surface area (Å²) in [5.74, 6) is 0.525. The monoisotopic (exact) mass is 332 g/mol. The van der Waals surface area contributed by atoms with Crippen LogP contribution in [0.3, 0.4) is 0 Å². The van der Waals surface area contributed by atoms with Crippen molar-refractivity contribution < 1.29 is 9.53 Å². The maximum absolute atomic E-state index is 12.4. The van der Waals surface area contributed by atoms with E-state index < -0.39 is 0 Å². The zero-order valence-electron chi connectivity index (χ0n) is 12.5. The predicted octanol–water partition coefficient (Wildman–Crippen LogP) is 2.21. The Bertz CT molecular complexity index is 672. The fourth-order valence-corrected chi connectivity index (χ4v) is 2.42. The van der Waals surface area contributed by atoms with Crippen LogP contribution in [0.25, 0.3) is 0 Å². The smallest absolute Gasteiger partial charge is 0.272 e. The van der Waals surface area contributed by atoms with Crippen molar-refractivity contribution in [1.82, 2.24) is 14.9 Å². The molecule has 1 N–H and O–H groups in total. The number of aromatic nitrogens is 2. The number of amides is 1. The van der Waals surface area contributed by atoms with E-state index in [-0.39, 0.29) is 5.91 Å². The van der Waals surface area contributed by atoms with Crippen LogP contribution in [0.5, 0.6) is 0 Å². The third-order valence-corrected chi connectivity index (χ3v) is 3.82. The molecule has 0 saturated carbocycles. The largest absolute Gasteiger partial charge is 0.378 e. The van der Waals surface area contributed by atoms with Gasteiger partial charge in [0.05, 0.1) is 13.2 Å². The molecule has 0 aliphatic carbocycles. The summed E-state index contributed by atoms with van der Waals surface area (Å²) in [7, 11) is 0. The summed E-state index contributed by atoms with van der Waals surface area (Å²) in [5, 5.41) is 3.89. The zero-order chi connectivity index (χ0) is 16.1. The van der Waals surface area contributed by atoms with E-state index in [4.69, 9.17) is 16.3 Å². The molecule has 0 atom stereocenters. The minimum atomic E-state index is -0.0924. The molecule has 1 aliphatic heterocycles. The lowest BCUT2D eigenvalue weighted by molar-refractivity contribution is 0.0299. The van der Waals surface area contributed by atoms with Crippen molar-refractivity contribution in [3.8, 4) is 0 Å². The number of carbonyl (C=O) groups excluding carboxylic acids is 1. The summed E-state index contributed by atoms with van der Waals surface area (Å²) in [4.78, 5) is 22.4. The Morgan fingerprint density at radius 2 is 1.96 bits per heavy atom. The molecule has 7 heteroatoms. The van der Waals surface area contributed by atoms with Crippen LogP contribution in [-0.2, 0) is 11.3 Å². The fourth-order valence-electron chi connectivity index (χ4n) is 2.29. The number of halogens is 1. The van der Waals surface area contributed by atoms with Gasteiger partial charge in [0.25, 0.3) is 5.91 Å². The first-order valence-electron chi connectivity index (χ1n) is 7.40. The van der Waals surface area contributed by atoms with Gasteiger partial charge >= 0.3 is 0 Å². The molecule has 6 nitrogen and oxygen atoms in total. The highest BCUT2D eigenvalue weighted by molar-refractivity contribution is 6.30. The number of anilines is 1. The topological polar surface area (TPSA) is 67.4 Å². The van der Waals surface area contributed by atoms with Gasteiger partial charge in [0.1, 0.15) is 17.8 Å². The second kappa shape index (κ2) is 7.39. The number of nitrogens with zero attached hydrogens (tertiary/aromatic N) is 3. The van der Waals surface area contributed by atoms with Crippen molar-refractivity contribution >= 4 is 23.3 Å². The average Bonchev–Trinajstić information content (AvgIpc) is 2.61. The molecule has 0 bridgehead atoms. The highest BCUT2D eigenvalue weighted by Gasteiger charge is 2.19. The molecule has 0 unspecified atom stereocenters. The molecular weight excluding hydrogens is 316 g/mol. The third-order valence-electron chi connectivity index (χ3n) is 3.57. The fraction of sp³-hybridized carbons (Fsp3) is 0.312. The first-order chi connectivity index (χ1) is 11.2. The minimum Gasteiger partial charge on any atom is -0.378 e. The molecule has 23 heavy (non-hydrogen) atoms. The van der Waals surface area contributed by atoms with Gasteiger partial charge in [0, 0.05) is 30.7 Å². The normalized spacial score (nSPS) is 14.6. The molecule has 1 amide bonds. The average molecular weight is 333 g/mol. The molecule has 0 radical (unpaired) electrons. The highest BCUT2D eigenvalue weighted by Crippen LogP contribution is 2.12. The lowest BCUT2D eigenvalue weighted by atomic mass is 10.2. The van der Waals surface area contributed by atoms with Gasteiger partial charge in [-0.25, -0.2) is 9.97 Å². The first kappa shape index (κ1) is 15.7. The Balaban J connectivity index is 1.64. The maximum Gasteiger partial charge on any atom is 0.272 e. The highest BCUT2D eigenvalue weighted by atomic mass is 35.5. The number of hydrogen-bond acceptors (Lipinski definition) is 5. The lowest BCUT2D eigenvalue weighted by Gasteiger charge is -2.26. The molecule has 1 saturated heterocycles. The zero-order valence-corrected chi connectivity index (χ0v) is 13.3. The van der Waals surface area contributed by atoms with Gasteiger partial charge in [-0.1, -0.05) is 23.7 Å². The number of nitrogens with one attached hydrogen (secondary N) is 1. The van der Waals surface area contributed by atoms with Crippen molar-refractivity contribution in [3.05, 3.63) is 52.9 Å². The van der Waals surface area contributed by atoms with Crippen LogP contribution in [0.2, 0.25) is 5.02 Å². The standard InChI is InChI=1S/C16H17ClN4O2/c17-13-3-1-12(2-4-13)10-18-15-9-14(19-11-20-15)16(22)21-5-7-23-8-6-21/h1-4,9,11H,5-8,10H2,(H,18,19,20). The molecule has 1 fully saturated rings. The second-order valence-corrected chi connectivity index (χ2v) is 5.61. The van der Waals surface area contributed by atoms with E-state index in [0.29, 0.717) is 49.4 Å². The van der Waals surface area contributed by atoms with Crippen LogP contribution >= 0.6 is 11.6 Å². The molecule has 120 valence electrons. The molecule has 2 aromatic rings. The van der Waals surface area contributed by atoms with Crippen LogP contribution in [0, 0.1) is 0 Å². The van der Waals surface area contributed by atoms with Crippen molar-refractivity contribution in [1.29, 1.82) is 0 Å². The van der Waals surface area contributed by atoms with E-state index in [0.717, 1.165) is 5.56 Å². The van der Waals surface area contributed by atoms with Gasteiger partial charge in [0.15, 0.2) is 0 Å². The van der Waals surface area contributed by atoms with Crippen LogP contribution in [0.1, 0.15) is 16.1 Å². The van der Waals surface area contributed by atoms with E-state index >= 15 is 0 Å². The van der Waals surface area contributed by atoms with Gasteiger partial charge in [-0.2, -0.15) is 0 Å². The maximum atomic E-state index is 12.4. The predicted molar refractivity (Wildman–Crippen MR) is 87.5 cm³/mol. The molecule has 1 aromatic heterocycles. The molecule has 1 aliphatic rings. The SMILES string of the molecule is O=C(c1cc(NCc2ccc(Cl)cc2)ncn1)N1CCOCC1. The van der Waals surface area contributed by atoms with Gasteiger partial charge in [-0.05, 0) is 17.7 Å². The van der Waals surface area contributed by atoms with Crippen LogP contribution in [-0.4, -0.2) is 47.1 Å². The van der Waals surface area contributed by atoms with E-state index in [1.165, 1.54) is 6.33 Å². The molecular formula is C16H17ClN4O2. The Hall–Kier alpha value is -2.18. The molecule has 0 spiro atoms. The van der Waals surface area contributed by atoms with Gasteiger partial charge in [-0.15, -0.1) is 0 Å². The summed E-state index contributed by atoms with van der Waals surface area (Å²) < 4.78 is 5.26. The number of benzene rings is 1. The quantitative estimate of drug-likeness (QED) is 0.929. The van der Waals surface area contributed by atoms with Crippen LogP contribution in [0.4, 0.5) is 5.82 Å². The van der Waals surface area contributed by atoms with Crippen molar-refractivity contribution in [2.24, 2.45) is 0 Å². The van der Waals surface area contributed by atoms with E-state index in [1.807, 2.05) is 24.3 Å². The lowest BCUT2D eigenvalue weighted by Crippen LogP contribution is -2.41. The van der Waals surface area contributed by atoms with Crippen molar-refractivity contribution in [2.75, 3.05) is 31.6 Å². The van der Waals surface area contributed by atoms with Gasteiger partial charge in [0.2, 0.25) is 0 Å². The Morgan fingerprint density at radius 3 is 2.70 bits per heavy atom. The van der Waals surface area contributed by atoms with Gasteiger partial charge < -0.3 is 15.0 Å². The Kier molecular flexibility index (Phi) is 5.05. The van der Waals surface area contributed by atoms with Crippen molar-refractivity contribution in [2.45, 2.75) is 6.54 Å². The van der Waals surface area contributed by atoms with Crippen molar-refractivity contribution in [3.63, 3.8) is 0 Å². The van der Waals surface area contributed by atoms with Crippen LogP contribution in [0.15, 0.2) is 36.7 Å². The summed E-state index contributed by atoms with van der Waals surface area (Å²) >= 11 is 5.87. The summed E-state index contributed by atoms with van der Waals surface area (Å²) in [6, 6.07) is 9.23. The van der Waals surface area contributed by atoms with E-state index in [1.54, 1.807) is 11.0 Å². The van der Waals surface area contributed by atoms with E-state index in [9.17, 15) is 4.79 Å². The van der Waals surface area contributed by atoms with E-state index in [2.05, 4.69) is 15.3 Å². The summed E-state index contributed by atoms with van der Waals surface area (Å²) in [6.07, 6.45) is 1.40. The second-order valence-electron chi connectivity index (χ2n) is 5.17. The number of morpholine rings is 1. The molecule has 3 rings (SSSR count). The first-order valence-corrected chi connectivity index (χ1v) is 7.77.